The fraction of sp³-hybridized carbons (Fsp3) is 0.150. The number of carbonyl (C=O) groups is 1. The predicted octanol–water partition coefficient (Wildman–Crippen LogP) is 3.38. The number of hydrazone groups is 1. The van der Waals surface area contributed by atoms with E-state index < -0.39 is 0 Å². The minimum Gasteiger partial charge on any atom is -0.274 e. The SMILES string of the molecule is CC(=O)N/N=C\c1cn(Cc2ccccc2)nc1-c1ccc(C)cc1. The number of hydrogen-bond acceptors (Lipinski definition) is 3. The Morgan fingerprint density at radius 1 is 1.16 bits per heavy atom. The van der Waals surface area contributed by atoms with Crippen molar-refractivity contribution in [2.24, 2.45) is 5.10 Å². The van der Waals surface area contributed by atoms with E-state index in [1.165, 1.54) is 18.1 Å². The Morgan fingerprint density at radius 3 is 2.56 bits per heavy atom. The maximum atomic E-state index is 11.0. The summed E-state index contributed by atoms with van der Waals surface area (Å²) in [5.74, 6) is -0.204. The fourth-order valence-electron chi connectivity index (χ4n) is 2.51. The standard InChI is InChI=1S/C20H20N4O/c1-15-8-10-18(11-9-15)20-19(12-21-22-16(2)25)14-24(23-20)13-17-6-4-3-5-7-17/h3-12,14H,13H2,1-2H3,(H,22,25)/b21-12-. The first-order valence-corrected chi connectivity index (χ1v) is 8.10. The first kappa shape index (κ1) is 16.6. The second kappa shape index (κ2) is 7.57. The van der Waals surface area contributed by atoms with Gasteiger partial charge in [0, 0.05) is 24.2 Å². The lowest BCUT2D eigenvalue weighted by molar-refractivity contribution is -0.118. The molecule has 3 rings (SSSR count). The van der Waals surface area contributed by atoms with E-state index in [1.807, 2.05) is 41.2 Å². The van der Waals surface area contributed by atoms with Crippen molar-refractivity contribution in [2.75, 3.05) is 0 Å². The third-order valence-electron chi connectivity index (χ3n) is 3.73. The highest BCUT2D eigenvalue weighted by atomic mass is 16.2. The highest BCUT2D eigenvalue weighted by Crippen LogP contribution is 2.22. The first-order chi connectivity index (χ1) is 12.1. The van der Waals surface area contributed by atoms with Crippen molar-refractivity contribution in [2.45, 2.75) is 20.4 Å². The van der Waals surface area contributed by atoms with Gasteiger partial charge < -0.3 is 0 Å². The van der Waals surface area contributed by atoms with Crippen molar-refractivity contribution in [3.63, 3.8) is 0 Å². The van der Waals surface area contributed by atoms with E-state index in [0.29, 0.717) is 6.54 Å². The normalized spacial score (nSPS) is 11.0. The summed E-state index contributed by atoms with van der Waals surface area (Å²) in [6.07, 6.45) is 3.57. The number of aryl methyl sites for hydroxylation is 1. The lowest BCUT2D eigenvalue weighted by atomic mass is 10.1. The molecule has 0 spiro atoms. The minimum absolute atomic E-state index is 0.204. The Kier molecular flexibility index (Phi) is 5.04. The van der Waals surface area contributed by atoms with Crippen molar-refractivity contribution < 1.29 is 4.79 Å². The van der Waals surface area contributed by atoms with Gasteiger partial charge in [-0.05, 0) is 12.5 Å². The molecule has 0 fully saturated rings. The molecule has 0 aliphatic rings. The zero-order valence-corrected chi connectivity index (χ0v) is 14.3. The first-order valence-electron chi connectivity index (χ1n) is 8.10. The van der Waals surface area contributed by atoms with Crippen LogP contribution in [0.5, 0.6) is 0 Å². The van der Waals surface area contributed by atoms with Gasteiger partial charge in [-0.3, -0.25) is 9.48 Å². The molecule has 3 aromatic rings. The molecular formula is C20H20N4O. The van der Waals surface area contributed by atoms with Crippen LogP contribution in [0.25, 0.3) is 11.3 Å². The highest BCUT2D eigenvalue weighted by Gasteiger charge is 2.10. The van der Waals surface area contributed by atoms with Gasteiger partial charge in [-0.15, -0.1) is 0 Å². The van der Waals surface area contributed by atoms with Crippen LogP contribution < -0.4 is 5.43 Å². The van der Waals surface area contributed by atoms with Crippen molar-refractivity contribution >= 4 is 12.1 Å². The van der Waals surface area contributed by atoms with E-state index in [0.717, 1.165) is 16.8 Å². The summed E-state index contributed by atoms with van der Waals surface area (Å²) in [6.45, 7) is 4.15. The van der Waals surface area contributed by atoms with Crippen LogP contribution in [0, 0.1) is 6.92 Å². The molecule has 5 heteroatoms. The van der Waals surface area contributed by atoms with Gasteiger partial charge in [-0.1, -0.05) is 60.2 Å². The number of benzene rings is 2. The molecule has 126 valence electrons. The van der Waals surface area contributed by atoms with Gasteiger partial charge in [-0.2, -0.15) is 10.2 Å². The molecule has 25 heavy (non-hydrogen) atoms. The predicted molar refractivity (Wildman–Crippen MR) is 99.4 cm³/mol. The Morgan fingerprint density at radius 2 is 1.88 bits per heavy atom. The molecule has 1 aromatic heterocycles. The zero-order valence-electron chi connectivity index (χ0n) is 14.3. The van der Waals surface area contributed by atoms with E-state index >= 15 is 0 Å². The summed E-state index contributed by atoms with van der Waals surface area (Å²) < 4.78 is 1.89. The van der Waals surface area contributed by atoms with E-state index in [-0.39, 0.29) is 5.91 Å². The molecule has 0 unspecified atom stereocenters. The molecule has 0 saturated carbocycles. The molecule has 5 nitrogen and oxygen atoms in total. The molecule has 0 aliphatic heterocycles. The van der Waals surface area contributed by atoms with E-state index in [2.05, 4.69) is 41.7 Å². The number of hydrogen-bond donors (Lipinski definition) is 1. The highest BCUT2D eigenvalue weighted by molar-refractivity contribution is 5.89. The fourth-order valence-corrected chi connectivity index (χ4v) is 2.51. The molecule has 0 bridgehead atoms. The van der Waals surface area contributed by atoms with Gasteiger partial charge in [-0.25, -0.2) is 5.43 Å². The summed E-state index contributed by atoms with van der Waals surface area (Å²) in [4.78, 5) is 11.0. The van der Waals surface area contributed by atoms with Gasteiger partial charge in [0.25, 0.3) is 0 Å². The van der Waals surface area contributed by atoms with Crippen LogP contribution in [0.3, 0.4) is 0 Å². The Hall–Kier alpha value is -3.21. The average molecular weight is 332 g/mol. The topological polar surface area (TPSA) is 59.3 Å². The Labute approximate surface area is 147 Å². The number of amides is 1. The summed E-state index contributed by atoms with van der Waals surface area (Å²) in [5, 5.41) is 8.70. The molecule has 0 saturated heterocycles. The van der Waals surface area contributed by atoms with Crippen LogP contribution in [0.2, 0.25) is 0 Å². The quantitative estimate of drug-likeness (QED) is 0.575. The van der Waals surface area contributed by atoms with Gasteiger partial charge in [0.1, 0.15) is 5.69 Å². The summed E-state index contributed by atoms with van der Waals surface area (Å²) in [6, 6.07) is 18.4. The summed E-state index contributed by atoms with van der Waals surface area (Å²) in [5.41, 5.74) is 7.51. The molecule has 1 N–H and O–H groups in total. The number of aromatic nitrogens is 2. The van der Waals surface area contributed by atoms with Gasteiger partial charge >= 0.3 is 0 Å². The van der Waals surface area contributed by atoms with E-state index in [4.69, 9.17) is 5.10 Å². The van der Waals surface area contributed by atoms with Gasteiger partial charge in [0.2, 0.25) is 5.91 Å². The Balaban J connectivity index is 1.94. The van der Waals surface area contributed by atoms with E-state index in [1.54, 1.807) is 6.21 Å². The van der Waals surface area contributed by atoms with Crippen LogP contribution in [-0.2, 0) is 11.3 Å². The van der Waals surface area contributed by atoms with Crippen molar-refractivity contribution in [1.82, 2.24) is 15.2 Å². The molecule has 0 radical (unpaired) electrons. The monoisotopic (exact) mass is 332 g/mol. The molecule has 0 atom stereocenters. The van der Waals surface area contributed by atoms with E-state index in [9.17, 15) is 4.79 Å². The molecular weight excluding hydrogens is 312 g/mol. The number of nitrogens with one attached hydrogen (secondary N) is 1. The smallest absolute Gasteiger partial charge is 0.236 e. The summed E-state index contributed by atoms with van der Waals surface area (Å²) >= 11 is 0. The second-order valence-electron chi connectivity index (χ2n) is 5.91. The zero-order chi connectivity index (χ0) is 17.6. The van der Waals surface area contributed by atoms with Crippen LogP contribution in [0.15, 0.2) is 65.9 Å². The molecule has 1 heterocycles. The third kappa shape index (κ3) is 4.41. The van der Waals surface area contributed by atoms with Crippen LogP contribution in [-0.4, -0.2) is 21.9 Å². The van der Waals surface area contributed by atoms with Crippen molar-refractivity contribution in [3.05, 3.63) is 77.5 Å². The summed E-state index contributed by atoms with van der Waals surface area (Å²) in [7, 11) is 0. The number of rotatable bonds is 5. The van der Waals surface area contributed by atoms with Crippen molar-refractivity contribution in [3.8, 4) is 11.3 Å². The maximum absolute atomic E-state index is 11.0. The van der Waals surface area contributed by atoms with Crippen molar-refractivity contribution in [1.29, 1.82) is 0 Å². The lowest BCUT2D eigenvalue weighted by Gasteiger charge is -2.02. The number of nitrogens with zero attached hydrogens (tertiary/aromatic N) is 3. The minimum atomic E-state index is -0.204. The lowest BCUT2D eigenvalue weighted by Crippen LogP contribution is -2.12. The molecule has 0 aliphatic carbocycles. The molecule has 1 amide bonds. The number of carbonyl (C=O) groups excluding carboxylic acids is 1. The van der Waals surface area contributed by atoms with Gasteiger partial charge in [0.15, 0.2) is 0 Å². The third-order valence-corrected chi connectivity index (χ3v) is 3.73. The van der Waals surface area contributed by atoms with Gasteiger partial charge in [0.05, 0.1) is 12.8 Å². The van der Waals surface area contributed by atoms with Crippen LogP contribution >= 0.6 is 0 Å². The maximum Gasteiger partial charge on any atom is 0.236 e. The average Bonchev–Trinajstić information content (AvgIpc) is 2.99. The molecule has 2 aromatic carbocycles. The van der Waals surface area contributed by atoms with Crippen LogP contribution in [0.1, 0.15) is 23.6 Å². The Bertz CT molecular complexity index is 880. The largest absolute Gasteiger partial charge is 0.274 e. The van der Waals surface area contributed by atoms with Crippen LogP contribution in [0.4, 0.5) is 0 Å². The second-order valence-corrected chi connectivity index (χ2v) is 5.91.